The molecular formula is C20H22F3N3O5S. The van der Waals surface area contributed by atoms with Crippen molar-refractivity contribution in [3.63, 3.8) is 0 Å². The third kappa shape index (κ3) is 6.02. The Morgan fingerprint density at radius 3 is 2.16 bits per heavy atom. The van der Waals surface area contributed by atoms with Gasteiger partial charge in [-0.25, -0.2) is 14.6 Å². The van der Waals surface area contributed by atoms with E-state index in [-0.39, 0.29) is 10.6 Å². The summed E-state index contributed by atoms with van der Waals surface area (Å²) in [5, 5.41) is 10.0. The molecule has 1 aromatic heterocycles. The number of aromatic nitrogens is 1. The molecular weight excluding hydrogens is 451 g/mol. The summed E-state index contributed by atoms with van der Waals surface area (Å²) in [7, 11) is 0. The molecule has 1 aromatic carbocycles. The summed E-state index contributed by atoms with van der Waals surface area (Å²) in [5.74, 6) is -1.60. The summed E-state index contributed by atoms with van der Waals surface area (Å²) in [6, 6.07) is 4.86. The third-order valence-electron chi connectivity index (χ3n) is 4.37. The van der Waals surface area contributed by atoms with Crippen molar-refractivity contribution in [2.75, 3.05) is 31.1 Å². The van der Waals surface area contributed by atoms with Crippen LogP contribution in [0.2, 0.25) is 0 Å². The van der Waals surface area contributed by atoms with Gasteiger partial charge < -0.3 is 24.4 Å². The number of thiazole rings is 1. The van der Waals surface area contributed by atoms with E-state index in [4.69, 9.17) is 4.74 Å². The Morgan fingerprint density at radius 1 is 1.06 bits per heavy atom. The first-order chi connectivity index (χ1) is 14.8. The first-order valence-corrected chi connectivity index (χ1v) is 10.5. The number of amides is 1. The van der Waals surface area contributed by atoms with Crippen LogP contribution in [0.5, 0.6) is 5.75 Å². The van der Waals surface area contributed by atoms with Gasteiger partial charge in [0.05, 0.1) is 5.69 Å². The molecule has 174 valence electrons. The fraction of sp³-hybridized carbons (Fsp3) is 0.450. The van der Waals surface area contributed by atoms with Crippen LogP contribution in [0.25, 0.3) is 11.3 Å². The molecule has 1 aliphatic rings. The van der Waals surface area contributed by atoms with E-state index in [0.717, 1.165) is 23.5 Å². The van der Waals surface area contributed by atoms with E-state index in [9.17, 15) is 27.9 Å². The molecule has 2 heterocycles. The Kier molecular flexibility index (Phi) is 6.54. The molecule has 1 saturated heterocycles. The number of carbonyl (C=O) groups is 2. The van der Waals surface area contributed by atoms with Crippen molar-refractivity contribution in [2.45, 2.75) is 32.7 Å². The molecule has 2 aromatic rings. The molecule has 1 aliphatic heterocycles. The fourth-order valence-electron chi connectivity index (χ4n) is 3.01. The number of halogens is 3. The van der Waals surface area contributed by atoms with Gasteiger partial charge in [0.25, 0.3) is 0 Å². The molecule has 12 heteroatoms. The van der Waals surface area contributed by atoms with Crippen molar-refractivity contribution in [2.24, 2.45) is 0 Å². The molecule has 1 fully saturated rings. The topological polar surface area (TPSA) is 92.2 Å². The number of ether oxygens (including phenoxy) is 2. The maximum absolute atomic E-state index is 12.4. The predicted molar refractivity (Wildman–Crippen MR) is 111 cm³/mol. The first kappa shape index (κ1) is 23.6. The van der Waals surface area contributed by atoms with Gasteiger partial charge in [-0.2, -0.15) is 0 Å². The lowest BCUT2D eigenvalue weighted by molar-refractivity contribution is -0.274. The van der Waals surface area contributed by atoms with E-state index >= 15 is 0 Å². The van der Waals surface area contributed by atoms with Crippen molar-refractivity contribution < 1.29 is 37.3 Å². The highest BCUT2D eigenvalue weighted by molar-refractivity contribution is 7.17. The van der Waals surface area contributed by atoms with Crippen LogP contribution in [0.4, 0.5) is 23.1 Å². The number of carboxylic acid groups (broad SMARTS) is 1. The van der Waals surface area contributed by atoms with Gasteiger partial charge in [-0.3, -0.25) is 0 Å². The summed E-state index contributed by atoms with van der Waals surface area (Å²) >= 11 is 0.972. The molecule has 0 bridgehead atoms. The minimum atomic E-state index is -4.82. The molecule has 0 atom stereocenters. The highest BCUT2D eigenvalue weighted by Gasteiger charge is 2.31. The number of carboxylic acids is 1. The van der Waals surface area contributed by atoms with Gasteiger partial charge in [-0.1, -0.05) is 11.3 Å². The highest BCUT2D eigenvalue weighted by atomic mass is 32.1. The normalized spacial score (nSPS) is 14.9. The number of anilines is 1. The Hall–Kier alpha value is -3.02. The number of piperazine rings is 1. The molecule has 0 spiro atoms. The van der Waals surface area contributed by atoms with E-state index in [1.807, 2.05) is 4.90 Å². The summed E-state index contributed by atoms with van der Waals surface area (Å²) in [4.78, 5) is 31.8. The van der Waals surface area contributed by atoms with E-state index < -0.39 is 29.8 Å². The maximum atomic E-state index is 12.4. The molecule has 1 amide bonds. The first-order valence-electron chi connectivity index (χ1n) is 9.65. The van der Waals surface area contributed by atoms with E-state index in [2.05, 4.69) is 9.72 Å². The zero-order chi connectivity index (χ0) is 23.7. The van der Waals surface area contributed by atoms with Gasteiger partial charge in [0.15, 0.2) is 5.13 Å². The molecule has 0 saturated carbocycles. The van der Waals surface area contributed by atoms with Crippen molar-refractivity contribution in [1.82, 2.24) is 9.88 Å². The van der Waals surface area contributed by atoms with Crippen molar-refractivity contribution in [1.29, 1.82) is 0 Å². The van der Waals surface area contributed by atoms with Crippen LogP contribution in [0.15, 0.2) is 24.3 Å². The number of hydrogen-bond acceptors (Lipinski definition) is 7. The SMILES string of the molecule is CC(C)(C)OC(=O)N1CCN(c2nc(-c3ccc(OC(F)(F)F)cc3)c(C(=O)O)s2)CC1. The van der Waals surface area contributed by atoms with Crippen LogP contribution >= 0.6 is 11.3 Å². The van der Waals surface area contributed by atoms with E-state index in [1.165, 1.54) is 12.1 Å². The van der Waals surface area contributed by atoms with Gasteiger partial charge in [-0.05, 0) is 45.0 Å². The van der Waals surface area contributed by atoms with Crippen LogP contribution < -0.4 is 9.64 Å². The smallest absolute Gasteiger partial charge is 0.477 e. The number of nitrogens with zero attached hydrogens (tertiary/aromatic N) is 3. The van der Waals surface area contributed by atoms with Crippen molar-refractivity contribution >= 4 is 28.5 Å². The second-order valence-corrected chi connectivity index (χ2v) is 8.98. The zero-order valence-electron chi connectivity index (χ0n) is 17.6. The van der Waals surface area contributed by atoms with Crippen molar-refractivity contribution in [3.05, 3.63) is 29.1 Å². The predicted octanol–water partition coefficient (Wildman–Crippen LogP) is 4.46. The van der Waals surface area contributed by atoms with Gasteiger partial charge in [0, 0.05) is 31.7 Å². The number of carbonyl (C=O) groups excluding carboxylic acids is 1. The van der Waals surface area contributed by atoms with Gasteiger partial charge in [0.2, 0.25) is 0 Å². The van der Waals surface area contributed by atoms with Crippen molar-refractivity contribution in [3.8, 4) is 17.0 Å². The Balaban J connectivity index is 1.75. The molecule has 0 radical (unpaired) electrons. The lowest BCUT2D eigenvalue weighted by atomic mass is 10.1. The zero-order valence-corrected chi connectivity index (χ0v) is 18.4. The number of rotatable bonds is 4. The lowest BCUT2D eigenvalue weighted by Gasteiger charge is -2.35. The Bertz CT molecular complexity index is 978. The Morgan fingerprint density at radius 2 is 1.66 bits per heavy atom. The second kappa shape index (κ2) is 8.85. The standard InChI is InChI=1S/C20H22F3N3O5S/c1-19(2,3)31-18(29)26-10-8-25(9-11-26)17-24-14(15(32-17)16(27)28)12-4-6-13(7-5-12)30-20(21,22)23/h4-7H,8-11H2,1-3H3,(H,27,28). The second-order valence-electron chi connectivity index (χ2n) is 8.01. The van der Waals surface area contributed by atoms with Crippen LogP contribution in [-0.2, 0) is 4.74 Å². The molecule has 32 heavy (non-hydrogen) atoms. The lowest BCUT2D eigenvalue weighted by Crippen LogP contribution is -2.50. The van der Waals surface area contributed by atoms with Gasteiger partial charge >= 0.3 is 18.4 Å². The minimum Gasteiger partial charge on any atom is -0.477 e. The number of alkyl halides is 3. The van der Waals surface area contributed by atoms with Crippen LogP contribution in [0.1, 0.15) is 30.4 Å². The third-order valence-corrected chi connectivity index (χ3v) is 5.48. The molecule has 1 N–H and O–H groups in total. The molecule has 0 aliphatic carbocycles. The average molecular weight is 473 g/mol. The fourth-order valence-corrected chi connectivity index (χ4v) is 3.98. The molecule has 0 unspecified atom stereocenters. The molecule has 3 rings (SSSR count). The van der Waals surface area contributed by atoms with Crippen LogP contribution in [0, 0.1) is 0 Å². The van der Waals surface area contributed by atoms with Crippen LogP contribution in [0.3, 0.4) is 0 Å². The highest BCUT2D eigenvalue weighted by Crippen LogP contribution is 2.35. The van der Waals surface area contributed by atoms with E-state index in [1.54, 1.807) is 25.7 Å². The largest absolute Gasteiger partial charge is 0.573 e. The van der Waals surface area contributed by atoms with E-state index in [0.29, 0.717) is 36.9 Å². The molecule has 8 nitrogen and oxygen atoms in total. The number of hydrogen-bond donors (Lipinski definition) is 1. The average Bonchev–Trinajstić information content (AvgIpc) is 3.12. The van der Waals surface area contributed by atoms with Gasteiger partial charge in [0.1, 0.15) is 16.2 Å². The monoisotopic (exact) mass is 473 g/mol. The maximum Gasteiger partial charge on any atom is 0.573 e. The Labute approximate surface area is 186 Å². The summed E-state index contributed by atoms with van der Waals surface area (Å²) in [6.45, 7) is 6.99. The van der Waals surface area contributed by atoms with Gasteiger partial charge in [-0.15, -0.1) is 13.2 Å². The summed E-state index contributed by atoms with van der Waals surface area (Å²) < 4.78 is 46.3. The summed E-state index contributed by atoms with van der Waals surface area (Å²) in [6.07, 6.45) is -5.23. The summed E-state index contributed by atoms with van der Waals surface area (Å²) in [5.41, 5.74) is -0.0902. The number of aromatic carboxylic acids is 1. The quantitative estimate of drug-likeness (QED) is 0.701. The minimum absolute atomic E-state index is 0.0286. The number of benzene rings is 1. The van der Waals surface area contributed by atoms with Crippen LogP contribution in [-0.4, -0.2) is 65.2 Å².